The van der Waals surface area contributed by atoms with Crippen molar-refractivity contribution >= 4 is 41.6 Å². The van der Waals surface area contributed by atoms with Crippen LogP contribution in [0.25, 0.3) is 0 Å². The van der Waals surface area contributed by atoms with Gasteiger partial charge in [0.1, 0.15) is 5.54 Å². The molecule has 7 heteroatoms. The van der Waals surface area contributed by atoms with Crippen LogP contribution in [0.1, 0.15) is 44.1 Å². The summed E-state index contributed by atoms with van der Waals surface area (Å²) in [7, 11) is 0. The van der Waals surface area contributed by atoms with Crippen molar-refractivity contribution in [3.05, 3.63) is 28.8 Å². The normalized spacial score (nSPS) is 22.5. The van der Waals surface area contributed by atoms with E-state index in [1.807, 2.05) is 19.1 Å². The third-order valence-electron chi connectivity index (χ3n) is 5.54. The Balaban J connectivity index is 0.00000182. The van der Waals surface area contributed by atoms with Crippen LogP contribution in [0.3, 0.4) is 0 Å². The monoisotopic (exact) mass is 383 g/mol. The second kappa shape index (κ2) is 6.78. The van der Waals surface area contributed by atoms with Crippen molar-refractivity contribution < 1.29 is 9.59 Å². The number of imide groups is 1. The number of carbonyl (C=O) groups is 2. The molecule has 4 rings (SSSR count). The van der Waals surface area contributed by atoms with Crippen LogP contribution in [-0.2, 0) is 4.79 Å². The number of piperidine rings is 1. The standard InChI is InChI=1S/C18H22ClN3O2.ClH/c1-2-21-17(24)22(16(23)18(21)7-9-20-10-8-18)13-5-6-15(19)14(11-13)12-3-4-12;/h5-6,11-12,20H,2-4,7-10H2,1H3;1H. The zero-order valence-corrected chi connectivity index (χ0v) is 15.8. The highest BCUT2D eigenvalue weighted by Gasteiger charge is 2.57. The van der Waals surface area contributed by atoms with Crippen molar-refractivity contribution in [3.63, 3.8) is 0 Å². The Labute approximate surface area is 159 Å². The number of nitrogens with zero attached hydrogens (tertiary/aromatic N) is 2. The minimum absolute atomic E-state index is 0. The fraction of sp³-hybridized carbons (Fsp3) is 0.556. The second-order valence-electron chi connectivity index (χ2n) is 6.93. The zero-order chi connectivity index (χ0) is 16.9. The fourth-order valence-corrected chi connectivity index (χ4v) is 4.35. The highest BCUT2D eigenvalue weighted by molar-refractivity contribution is 6.31. The number of carbonyl (C=O) groups excluding carboxylic acids is 2. The average molecular weight is 384 g/mol. The maximum Gasteiger partial charge on any atom is 0.332 e. The minimum atomic E-state index is -0.684. The fourth-order valence-electron chi connectivity index (χ4n) is 4.08. The van der Waals surface area contributed by atoms with Crippen molar-refractivity contribution in [2.75, 3.05) is 24.5 Å². The van der Waals surface area contributed by atoms with Gasteiger partial charge in [0.2, 0.25) is 0 Å². The summed E-state index contributed by atoms with van der Waals surface area (Å²) in [5.74, 6) is 0.389. The lowest BCUT2D eigenvalue weighted by atomic mass is 9.86. The first-order valence-electron chi connectivity index (χ1n) is 8.75. The number of rotatable bonds is 3. The van der Waals surface area contributed by atoms with Gasteiger partial charge in [-0.25, -0.2) is 9.69 Å². The van der Waals surface area contributed by atoms with E-state index in [1.165, 1.54) is 4.90 Å². The number of benzene rings is 1. The SMILES string of the molecule is CCN1C(=O)N(c2ccc(Cl)c(C3CC3)c2)C(=O)C12CCNCC2.Cl. The van der Waals surface area contributed by atoms with E-state index >= 15 is 0 Å². The van der Waals surface area contributed by atoms with Gasteiger partial charge in [-0.05, 0) is 75.4 Å². The molecular weight excluding hydrogens is 361 g/mol. The molecule has 3 aliphatic rings. The lowest BCUT2D eigenvalue weighted by Crippen LogP contribution is -2.55. The number of nitrogens with one attached hydrogen (secondary N) is 1. The summed E-state index contributed by atoms with van der Waals surface area (Å²) >= 11 is 6.30. The number of hydrogen-bond acceptors (Lipinski definition) is 3. The summed E-state index contributed by atoms with van der Waals surface area (Å²) in [6, 6.07) is 5.34. The van der Waals surface area contributed by atoms with E-state index in [0.717, 1.165) is 36.5 Å². The molecule has 1 saturated carbocycles. The first kappa shape index (κ1) is 18.5. The molecule has 2 aliphatic heterocycles. The van der Waals surface area contributed by atoms with E-state index in [1.54, 1.807) is 11.0 Å². The molecule has 1 aliphatic carbocycles. The van der Waals surface area contributed by atoms with Crippen LogP contribution in [-0.4, -0.2) is 42.0 Å². The second-order valence-corrected chi connectivity index (χ2v) is 7.34. The number of likely N-dealkylation sites (N-methyl/N-ethyl adjacent to an activating group) is 1. The number of halogens is 2. The number of amides is 3. The zero-order valence-electron chi connectivity index (χ0n) is 14.3. The van der Waals surface area contributed by atoms with Crippen molar-refractivity contribution in [2.24, 2.45) is 0 Å². The van der Waals surface area contributed by atoms with Gasteiger partial charge in [0, 0.05) is 11.6 Å². The molecule has 25 heavy (non-hydrogen) atoms. The van der Waals surface area contributed by atoms with Gasteiger partial charge in [-0.3, -0.25) is 4.79 Å². The maximum absolute atomic E-state index is 13.2. The molecule has 0 radical (unpaired) electrons. The Morgan fingerprint density at radius 1 is 1.24 bits per heavy atom. The predicted molar refractivity (Wildman–Crippen MR) is 101 cm³/mol. The van der Waals surface area contributed by atoms with Gasteiger partial charge in [-0.2, -0.15) is 0 Å². The summed E-state index contributed by atoms with van der Waals surface area (Å²) in [6.45, 7) is 4.01. The van der Waals surface area contributed by atoms with E-state index in [-0.39, 0.29) is 24.3 Å². The van der Waals surface area contributed by atoms with Gasteiger partial charge >= 0.3 is 6.03 Å². The summed E-state index contributed by atoms with van der Waals surface area (Å²) < 4.78 is 0. The van der Waals surface area contributed by atoms with Crippen LogP contribution in [0.5, 0.6) is 0 Å². The lowest BCUT2D eigenvalue weighted by molar-refractivity contribution is -0.126. The van der Waals surface area contributed by atoms with Crippen molar-refractivity contribution in [3.8, 4) is 0 Å². The number of anilines is 1. The topological polar surface area (TPSA) is 52.7 Å². The molecule has 1 aromatic carbocycles. The van der Waals surface area contributed by atoms with Crippen molar-refractivity contribution in [1.82, 2.24) is 10.2 Å². The third-order valence-corrected chi connectivity index (χ3v) is 5.89. The summed E-state index contributed by atoms with van der Waals surface area (Å²) in [4.78, 5) is 29.4. The summed E-state index contributed by atoms with van der Waals surface area (Å²) in [6.07, 6.45) is 3.60. The average Bonchev–Trinajstić information content (AvgIpc) is 3.40. The predicted octanol–water partition coefficient (Wildman–Crippen LogP) is 3.55. The van der Waals surface area contributed by atoms with Gasteiger partial charge in [0.15, 0.2) is 0 Å². The minimum Gasteiger partial charge on any atom is -0.317 e. The van der Waals surface area contributed by atoms with Gasteiger partial charge < -0.3 is 10.2 Å². The molecule has 3 amide bonds. The van der Waals surface area contributed by atoms with Crippen LogP contribution >= 0.6 is 24.0 Å². The van der Waals surface area contributed by atoms with E-state index in [9.17, 15) is 9.59 Å². The summed E-state index contributed by atoms with van der Waals surface area (Å²) in [5, 5.41) is 4.01. The molecule has 0 aromatic heterocycles. The summed E-state index contributed by atoms with van der Waals surface area (Å²) in [5.41, 5.74) is 1.03. The van der Waals surface area contributed by atoms with Crippen LogP contribution in [0.15, 0.2) is 18.2 Å². The lowest BCUT2D eigenvalue weighted by Gasteiger charge is -2.37. The van der Waals surface area contributed by atoms with Crippen LogP contribution in [0, 0.1) is 0 Å². The molecule has 0 unspecified atom stereocenters. The molecule has 2 saturated heterocycles. The van der Waals surface area contributed by atoms with E-state index in [0.29, 0.717) is 31.0 Å². The first-order chi connectivity index (χ1) is 11.6. The van der Waals surface area contributed by atoms with Crippen LogP contribution in [0.4, 0.5) is 10.5 Å². The molecule has 1 N–H and O–H groups in total. The molecule has 2 heterocycles. The van der Waals surface area contributed by atoms with E-state index < -0.39 is 5.54 Å². The van der Waals surface area contributed by atoms with Crippen molar-refractivity contribution in [2.45, 2.75) is 44.1 Å². The molecule has 0 atom stereocenters. The highest BCUT2D eigenvalue weighted by atomic mass is 35.5. The molecule has 3 fully saturated rings. The molecule has 5 nitrogen and oxygen atoms in total. The third kappa shape index (κ3) is 2.82. The highest BCUT2D eigenvalue weighted by Crippen LogP contribution is 2.45. The smallest absolute Gasteiger partial charge is 0.317 e. The Kier molecular flexibility index (Phi) is 5.02. The first-order valence-corrected chi connectivity index (χ1v) is 9.12. The molecule has 0 bridgehead atoms. The Morgan fingerprint density at radius 3 is 2.52 bits per heavy atom. The maximum atomic E-state index is 13.2. The largest absolute Gasteiger partial charge is 0.332 e. The molecule has 1 spiro atoms. The van der Waals surface area contributed by atoms with E-state index in [2.05, 4.69) is 5.32 Å². The Bertz CT molecular complexity index is 700. The van der Waals surface area contributed by atoms with E-state index in [4.69, 9.17) is 11.6 Å². The van der Waals surface area contributed by atoms with Crippen molar-refractivity contribution in [1.29, 1.82) is 0 Å². The van der Waals surface area contributed by atoms with Gasteiger partial charge in [0.25, 0.3) is 5.91 Å². The van der Waals surface area contributed by atoms with Gasteiger partial charge in [-0.1, -0.05) is 11.6 Å². The number of hydrogen-bond donors (Lipinski definition) is 1. The van der Waals surface area contributed by atoms with Crippen LogP contribution in [0.2, 0.25) is 5.02 Å². The molecule has 136 valence electrons. The Hall–Kier alpha value is -1.30. The van der Waals surface area contributed by atoms with Crippen LogP contribution < -0.4 is 10.2 Å². The molecular formula is C18H23Cl2N3O2. The van der Waals surface area contributed by atoms with Gasteiger partial charge in [-0.15, -0.1) is 12.4 Å². The van der Waals surface area contributed by atoms with Gasteiger partial charge in [0.05, 0.1) is 5.69 Å². The number of urea groups is 1. The molecule has 1 aromatic rings. The quantitative estimate of drug-likeness (QED) is 0.811. The Morgan fingerprint density at radius 2 is 1.92 bits per heavy atom.